The Morgan fingerprint density at radius 1 is 1.03 bits per heavy atom. The first-order chi connectivity index (χ1) is 15.5. The Labute approximate surface area is 186 Å². The molecule has 32 heavy (non-hydrogen) atoms. The van der Waals surface area contributed by atoms with Crippen LogP contribution in [0.2, 0.25) is 0 Å². The van der Waals surface area contributed by atoms with Gasteiger partial charge in [-0.2, -0.15) is 4.98 Å². The van der Waals surface area contributed by atoms with Crippen LogP contribution in [0.3, 0.4) is 0 Å². The van der Waals surface area contributed by atoms with E-state index in [0.29, 0.717) is 49.2 Å². The summed E-state index contributed by atoms with van der Waals surface area (Å²) in [6.07, 6.45) is 0. The quantitative estimate of drug-likeness (QED) is 0.628. The maximum atomic E-state index is 13.1. The molecule has 0 radical (unpaired) electrons. The number of anilines is 2. The summed E-state index contributed by atoms with van der Waals surface area (Å²) in [7, 11) is 0. The first-order valence-corrected chi connectivity index (χ1v) is 10.7. The number of aryl methyl sites for hydroxylation is 1. The smallest absolute Gasteiger partial charge is 0.254 e. The standard InChI is InChI=1S/C24H26FN5O2/c1-3-26-24-27-17(2)15-22(28-24)29-11-13-30(14-12-29)23(31)18-5-4-6-21(16-18)32-20-9-7-19(25)8-10-20/h4-10,15-16H,3,11-14H2,1-2H3,(H,26,27,28). The summed E-state index contributed by atoms with van der Waals surface area (Å²) < 4.78 is 18.9. The van der Waals surface area contributed by atoms with Crippen molar-refractivity contribution >= 4 is 17.7 Å². The number of rotatable bonds is 6. The number of hydrogen-bond acceptors (Lipinski definition) is 6. The van der Waals surface area contributed by atoms with Crippen molar-refractivity contribution in [1.82, 2.24) is 14.9 Å². The van der Waals surface area contributed by atoms with Gasteiger partial charge < -0.3 is 19.9 Å². The highest BCUT2D eigenvalue weighted by Gasteiger charge is 2.23. The average Bonchev–Trinajstić information content (AvgIpc) is 2.80. The van der Waals surface area contributed by atoms with Gasteiger partial charge in [0.05, 0.1) is 0 Å². The van der Waals surface area contributed by atoms with E-state index in [4.69, 9.17) is 4.74 Å². The number of halogens is 1. The van der Waals surface area contributed by atoms with Crippen molar-refractivity contribution in [3.05, 3.63) is 71.7 Å². The number of carbonyl (C=O) groups excluding carboxylic acids is 1. The zero-order valence-corrected chi connectivity index (χ0v) is 18.2. The van der Waals surface area contributed by atoms with Gasteiger partial charge in [0.25, 0.3) is 5.91 Å². The highest BCUT2D eigenvalue weighted by molar-refractivity contribution is 5.94. The van der Waals surface area contributed by atoms with Crippen LogP contribution >= 0.6 is 0 Å². The molecule has 0 saturated carbocycles. The van der Waals surface area contributed by atoms with Gasteiger partial charge in [0, 0.05) is 50.0 Å². The Balaban J connectivity index is 1.40. The number of ether oxygens (including phenoxy) is 1. The molecule has 0 bridgehead atoms. The number of hydrogen-bond donors (Lipinski definition) is 1. The third-order valence-electron chi connectivity index (χ3n) is 5.20. The van der Waals surface area contributed by atoms with Gasteiger partial charge in [-0.25, -0.2) is 9.37 Å². The van der Waals surface area contributed by atoms with Gasteiger partial charge in [-0.05, 0) is 56.3 Å². The fraction of sp³-hybridized carbons (Fsp3) is 0.292. The van der Waals surface area contributed by atoms with Crippen molar-refractivity contribution in [2.75, 3.05) is 42.9 Å². The molecule has 1 N–H and O–H groups in total. The number of nitrogens with one attached hydrogen (secondary N) is 1. The summed E-state index contributed by atoms with van der Waals surface area (Å²) in [4.78, 5) is 26.1. The van der Waals surface area contributed by atoms with Crippen molar-refractivity contribution in [1.29, 1.82) is 0 Å². The molecule has 1 aliphatic rings. The molecular weight excluding hydrogens is 409 g/mol. The Bertz CT molecular complexity index is 1080. The van der Waals surface area contributed by atoms with E-state index >= 15 is 0 Å². The molecular formula is C24H26FN5O2. The monoisotopic (exact) mass is 435 g/mol. The molecule has 3 aromatic rings. The van der Waals surface area contributed by atoms with Crippen molar-refractivity contribution < 1.29 is 13.9 Å². The van der Waals surface area contributed by atoms with Crippen molar-refractivity contribution in [3.8, 4) is 11.5 Å². The van der Waals surface area contributed by atoms with Crippen LogP contribution in [-0.2, 0) is 0 Å². The summed E-state index contributed by atoms with van der Waals surface area (Å²) in [6.45, 7) is 7.30. The fourth-order valence-corrected chi connectivity index (χ4v) is 3.60. The molecule has 166 valence electrons. The topological polar surface area (TPSA) is 70.6 Å². The van der Waals surface area contributed by atoms with Gasteiger partial charge in [-0.1, -0.05) is 6.07 Å². The first kappa shape index (κ1) is 21.5. The summed E-state index contributed by atoms with van der Waals surface area (Å²) in [5.41, 5.74) is 1.47. The van der Waals surface area contributed by atoms with E-state index in [1.807, 2.05) is 24.8 Å². The molecule has 7 nitrogen and oxygen atoms in total. The third-order valence-corrected chi connectivity index (χ3v) is 5.20. The van der Waals surface area contributed by atoms with E-state index in [1.165, 1.54) is 12.1 Å². The zero-order chi connectivity index (χ0) is 22.5. The number of aromatic nitrogens is 2. The number of benzene rings is 2. The lowest BCUT2D eigenvalue weighted by atomic mass is 10.1. The summed E-state index contributed by atoms with van der Waals surface area (Å²) in [5, 5.41) is 3.16. The van der Waals surface area contributed by atoms with Crippen LogP contribution in [0.15, 0.2) is 54.6 Å². The van der Waals surface area contributed by atoms with Gasteiger partial charge in [0.2, 0.25) is 5.95 Å². The van der Waals surface area contributed by atoms with Crippen molar-refractivity contribution in [3.63, 3.8) is 0 Å². The third kappa shape index (κ3) is 5.14. The fourth-order valence-electron chi connectivity index (χ4n) is 3.60. The molecule has 0 aliphatic carbocycles. The predicted octanol–water partition coefficient (Wildman–Crippen LogP) is 4.11. The molecule has 0 unspecified atom stereocenters. The van der Waals surface area contributed by atoms with Crippen LogP contribution in [0.1, 0.15) is 23.0 Å². The predicted molar refractivity (Wildman–Crippen MR) is 122 cm³/mol. The minimum absolute atomic E-state index is 0.0404. The molecule has 2 aromatic carbocycles. The van der Waals surface area contributed by atoms with Gasteiger partial charge in [-0.3, -0.25) is 4.79 Å². The van der Waals surface area contributed by atoms with Gasteiger partial charge in [0.15, 0.2) is 0 Å². The molecule has 1 saturated heterocycles. The van der Waals surface area contributed by atoms with Crippen LogP contribution in [-0.4, -0.2) is 53.5 Å². The number of nitrogens with zero attached hydrogens (tertiary/aromatic N) is 4. The van der Waals surface area contributed by atoms with Gasteiger partial charge >= 0.3 is 0 Å². The second kappa shape index (κ2) is 9.64. The highest BCUT2D eigenvalue weighted by Crippen LogP contribution is 2.24. The molecule has 0 spiro atoms. The van der Waals surface area contributed by atoms with Crippen molar-refractivity contribution in [2.24, 2.45) is 0 Å². The Kier molecular flexibility index (Phi) is 6.49. The van der Waals surface area contributed by atoms with Crippen LogP contribution in [0, 0.1) is 12.7 Å². The average molecular weight is 436 g/mol. The van der Waals surface area contributed by atoms with Crippen LogP contribution in [0.25, 0.3) is 0 Å². The lowest BCUT2D eigenvalue weighted by molar-refractivity contribution is 0.0746. The largest absolute Gasteiger partial charge is 0.457 e. The Hall–Kier alpha value is -3.68. The van der Waals surface area contributed by atoms with Gasteiger partial charge in [-0.15, -0.1) is 0 Å². The molecule has 8 heteroatoms. The maximum absolute atomic E-state index is 13.1. The summed E-state index contributed by atoms with van der Waals surface area (Å²) in [5.74, 6) is 2.18. The second-order valence-electron chi connectivity index (χ2n) is 7.58. The highest BCUT2D eigenvalue weighted by atomic mass is 19.1. The van der Waals surface area contributed by atoms with E-state index < -0.39 is 0 Å². The second-order valence-corrected chi connectivity index (χ2v) is 7.58. The normalized spacial score (nSPS) is 13.7. The first-order valence-electron chi connectivity index (χ1n) is 10.7. The molecule has 1 aromatic heterocycles. The zero-order valence-electron chi connectivity index (χ0n) is 18.2. The summed E-state index contributed by atoms with van der Waals surface area (Å²) >= 11 is 0. The van der Waals surface area contributed by atoms with E-state index in [-0.39, 0.29) is 11.7 Å². The molecule has 1 amide bonds. The van der Waals surface area contributed by atoms with Crippen LogP contribution < -0.4 is 15.0 Å². The van der Waals surface area contributed by atoms with Crippen LogP contribution in [0.5, 0.6) is 11.5 Å². The van der Waals surface area contributed by atoms with E-state index in [1.54, 1.807) is 36.4 Å². The summed E-state index contributed by atoms with van der Waals surface area (Å²) in [6, 6.07) is 14.8. The van der Waals surface area contributed by atoms with E-state index in [0.717, 1.165) is 18.1 Å². The molecule has 2 heterocycles. The van der Waals surface area contributed by atoms with Gasteiger partial charge in [0.1, 0.15) is 23.1 Å². The molecule has 4 rings (SSSR count). The molecule has 1 aliphatic heterocycles. The van der Waals surface area contributed by atoms with E-state index in [2.05, 4.69) is 20.2 Å². The lowest BCUT2D eigenvalue weighted by Crippen LogP contribution is -2.49. The number of amides is 1. The van der Waals surface area contributed by atoms with E-state index in [9.17, 15) is 9.18 Å². The minimum atomic E-state index is -0.324. The number of carbonyl (C=O) groups is 1. The Morgan fingerprint density at radius 3 is 2.50 bits per heavy atom. The van der Waals surface area contributed by atoms with Crippen molar-refractivity contribution in [2.45, 2.75) is 13.8 Å². The lowest BCUT2D eigenvalue weighted by Gasteiger charge is -2.35. The Morgan fingerprint density at radius 2 is 1.78 bits per heavy atom. The number of piperazine rings is 1. The minimum Gasteiger partial charge on any atom is -0.457 e. The molecule has 0 atom stereocenters. The SMILES string of the molecule is CCNc1nc(C)cc(N2CCN(C(=O)c3cccc(Oc4ccc(F)cc4)c3)CC2)n1. The maximum Gasteiger partial charge on any atom is 0.254 e. The van der Waals surface area contributed by atoms with Crippen LogP contribution in [0.4, 0.5) is 16.2 Å². The molecule has 1 fully saturated rings.